The molecular formula is C10H17N7. The zero-order valence-corrected chi connectivity index (χ0v) is 10.1. The fourth-order valence-electron chi connectivity index (χ4n) is 1.56. The maximum atomic E-state index is 4.27. The van der Waals surface area contributed by atoms with E-state index in [0.717, 1.165) is 25.1 Å². The number of rotatable bonds is 6. The smallest absolute Gasteiger partial charge is 0.191 e. The molecule has 0 amide bonds. The molecule has 0 saturated heterocycles. The second kappa shape index (κ2) is 5.53. The van der Waals surface area contributed by atoms with Crippen molar-refractivity contribution in [2.75, 3.05) is 0 Å². The molecule has 0 aliphatic carbocycles. The Labute approximate surface area is 99.6 Å². The number of tetrazole rings is 1. The summed E-state index contributed by atoms with van der Waals surface area (Å²) in [6, 6.07) is 0.0725. The van der Waals surface area contributed by atoms with Crippen molar-refractivity contribution in [2.45, 2.75) is 39.4 Å². The standard InChI is InChI=1S/C10H17N7/c1-3-4-17-7-9(6-12-17)5-11-8(2)10-13-15-16-14-10/h6-8,11H,3-5H2,1-2H3,(H,13,14,15,16). The van der Waals surface area contributed by atoms with Gasteiger partial charge in [-0.1, -0.05) is 12.1 Å². The molecule has 0 aliphatic rings. The molecule has 7 nitrogen and oxygen atoms in total. The maximum absolute atomic E-state index is 4.27. The van der Waals surface area contributed by atoms with Gasteiger partial charge in [0.25, 0.3) is 0 Å². The van der Waals surface area contributed by atoms with Crippen molar-refractivity contribution >= 4 is 0 Å². The predicted octanol–water partition coefficient (Wildman–Crippen LogP) is 0.657. The monoisotopic (exact) mass is 235 g/mol. The van der Waals surface area contributed by atoms with Gasteiger partial charge in [-0.2, -0.15) is 10.3 Å². The highest BCUT2D eigenvalue weighted by atomic mass is 15.5. The average Bonchev–Trinajstić information content (AvgIpc) is 2.97. The Morgan fingerprint density at radius 1 is 1.53 bits per heavy atom. The molecule has 0 spiro atoms. The minimum absolute atomic E-state index is 0.0725. The summed E-state index contributed by atoms with van der Waals surface area (Å²) in [5.74, 6) is 0.672. The summed E-state index contributed by atoms with van der Waals surface area (Å²) in [5.41, 5.74) is 1.16. The first-order valence-corrected chi connectivity index (χ1v) is 5.77. The first kappa shape index (κ1) is 11.7. The molecule has 92 valence electrons. The molecule has 2 N–H and O–H groups in total. The van der Waals surface area contributed by atoms with Crippen LogP contribution in [0.2, 0.25) is 0 Å². The van der Waals surface area contributed by atoms with Gasteiger partial charge in [0.15, 0.2) is 5.82 Å². The van der Waals surface area contributed by atoms with Crippen LogP contribution in [-0.4, -0.2) is 30.4 Å². The van der Waals surface area contributed by atoms with Crippen LogP contribution in [0.3, 0.4) is 0 Å². The third-order valence-electron chi connectivity index (χ3n) is 2.50. The van der Waals surface area contributed by atoms with E-state index in [9.17, 15) is 0 Å². The molecule has 2 rings (SSSR count). The average molecular weight is 235 g/mol. The van der Waals surface area contributed by atoms with E-state index in [1.54, 1.807) is 0 Å². The van der Waals surface area contributed by atoms with Crippen molar-refractivity contribution in [1.82, 2.24) is 35.7 Å². The Kier molecular flexibility index (Phi) is 3.81. The lowest BCUT2D eigenvalue weighted by Gasteiger charge is -2.07. The van der Waals surface area contributed by atoms with Crippen LogP contribution >= 0.6 is 0 Å². The minimum atomic E-state index is 0.0725. The second-order valence-electron chi connectivity index (χ2n) is 3.98. The first-order valence-electron chi connectivity index (χ1n) is 5.77. The molecule has 0 fully saturated rings. The van der Waals surface area contributed by atoms with Gasteiger partial charge in [0.1, 0.15) is 0 Å². The van der Waals surface area contributed by atoms with E-state index >= 15 is 0 Å². The lowest BCUT2D eigenvalue weighted by atomic mass is 10.3. The van der Waals surface area contributed by atoms with Crippen molar-refractivity contribution in [1.29, 1.82) is 0 Å². The van der Waals surface area contributed by atoms with E-state index in [2.05, 4.69) is 44.2 Å². The molecule has 2 aromatic rings. The number of H-pyrrole nitrogens is 1. The number of hydrogen-bond donors (Lipinski definition) is 2. The molecule has 2 aromatic heterocycles. The molecule has 1 atom stereocenters. The highest BCUT2D eigenvalue weighted by Gasteiger charge is 2.09. The van der Waals surface area contributed by atoms with Crippen molar-refractivity contribution in [3.05, 3.63) is 23.8 Å². The summed E-state index contributed by atoms with van der Waals surface area (Å²) in [7, 11) is 0. The first-order chi connectivity index (χ1) is 8.29. The predicted molar refractivity (Wildman–Crippen MR) is 62.0 cm³/mol. The molecule has 0 radical (unpaired) electrons. The maximum Gasteiger partial charge on any atom is 0.191 e. The Morgan fingerprint density at radius 3 is 3.12 bits per heavy atom. The minimum Gasteiger partial charge on any atom is -0.303 e. The molecule has 2 heterocycles. The van der Waals surface area contributed by atoms with Crippen LogP contribution in [0.4, 0.5) is 0 Å². The van der Waals surface area contributed by atoms with Gasteiger partial charge < -0.3 is 5.32 Å². The van der Waals surface area contributed by atoms with E-state index < -0.39 is 0 Å². The second-order valence-corrected chi connectivity index (χ2v) is 3.98. The van der Waals surface area contributed by atoms with Crippen LogP contribution in [0.15, 0.2) is 12.4 Å². The molecule has 0 aromatic carbocycles. The largest absolute Gasteiger partial charge is 0.303 e. The Hall–Kier alpha value is -1.76. The Morgan fingerprint density at radius 2 is 2.41 bits per heavy atom. The van der Waals surface area contributed by atoms with Gasteiger partial charge >= 0.3 is 0 Å². The van der Waals surface area contributed by atoms with Gasteiger partial charge in [0, 0.05) is 24.8 Å². The Balaban J connectivity index is 1.84. The molecular weight excluding hydrogens is 218 g/mol. The van der Waals surface area contributed by atoms with E-state index in [1.165, 1.54) is 0 Å². The number of aromatic amines is 1. The van der Waals surface area contributed by atoms with Gasteiger partial charge in [-0.05, 0) is 13.3 Å². The van der Waals surface area contributed by atoms with Gasteiger partial charge in [0.2, 0.25) is 0 Å². The number of nitrogens with zero attached hydrogens (tertiary/aromatic N) is 5. The van der Waals surface area contributed by atoms with Gasteiger partial charge in [0.05, 0.1) is 12.2 Å². The van der Waals surface area contributed by atoms with Crippen molar-refractivity contribution < 1.29 is 0 Å². The quantitative estimate of drug-likeness (QED) is 0.768. The number of aromatic nitrogens is 6. The summed E-state index contributed by atoms with van der Waals surface area (Å²) in [5, 5.41) is 21.4. The van der Waals surface area contributed by atoms with Crippen LogP contribution in [0, 0.1) is 0 Å². The summed E-state index contributed by atoms with van der Waals surface area (Å²) in [6.07, 6.45) is 5.03. The van der Waals surface area contributed by atoms with Crippen LogP contribution in [0.1, 0.15) is 37.7 Å². The van der Waals surface area contributed by atoms with E-state index in [4.69, 9.17) is 0 Å². The summed E-state index contributed by atoms with van der Waals surface area (Å²) >= 11 is 0. The summed E-state index contributed by atoms with van der Waals surface area (Å²) in [4.78, 5) is 0. The number of aryl methyl sites for hydroxylation is 1. The zero-order valence-electron chi connectivity index (χ0n) is 10.1. The normalized spacial score (nSPS) is 12.8. The molecule has 17 heavy (non-hydrogen) atoms. The molecule has 0 saturated carbocycles. The van der Waals surface area contributed by atoms with Crippen molar-refractivity contribution in [3.63, 3.8) is 0 Å². The lowest BCUT2D eigenvalue weighted by Crippen LogP contribution is -2.19. The van der Waals surface area contributed by atoms with Crippen LogP contribution in [0.5, 0.6) is 0 Å². The van der Waals surface area contributed by atoms with Crippen LogP contribution in [0.25, 0.3) is 0 Å². The molecule has 0 bridgehead atoms. The number of hydrogen-bond acceptors (Lipinski definition) is 5. The van der Waals surface area contributed by atoms with Crippen molar-refractivity contribution in [3.8, 4) is 0 Å². The molecule has 7 heteroatoms. The van der Waals surface area contributed by atoms with Gasteiger partial charge in [-0.15, -0.1) is 10.2 Å². The fourth-order valence-corrected chi connectivity index (χ4v) is 1.56. The fraction of sp³-hybridized carbons (Fsp3) is 0.600. The third-order valence-corrected chi connectivity index (χ3v) is 2.50. The van der Waals surface area contributed by atoms with E-state index in [0.29, 0.717) is 5.82 Å². The highest BCUT2D eigenvalue weighted by Crippen LogP contribution is 2.06. The zero-order chi connectivity index (χ0) is 12.1. The highest BCUT2D eigenvalue weighted by molar-refractivity contribution is 5.04. The summed E-state index contributed by atoms with van der Waals surface area (Å²) < 4.78 is 1.95. The third kappa shape index (κ3) is 3.10. The van der Waals surface area contributed by atoms with Crippen LogP contribution in [-0.2, 0) is 13.1 Å². The molecule has 0 aliphatic heterocycles. The van der Waals surface area contributed by atoms with Crippen molar-refractivity contribution in [2.24, 2.45) is 0 Å². The SMILES string of the molecule is CCCn1cc(CNC(C)c2nn[nH]n2)cn1. The topological polar surface area (TPSA) is 84.3 Å². The lowest BCUT2D eigenvalue weighted by molar-refractivity contribution is 0.545. The molecule has 1 unspecified atom stereocenters. The van der Waals surface area contributed by atoms with Gasteiger partial charge in [-0.3, -0.25) is 4.68 Å². The number of nitrogens with one attached hydrogen (secondary N) is 2. The van der Waals surface area contributed by atoms with E-state index in [1.807, 2.05) is 17.8 Å². The van der Waals surface area contributed by atoms with Gasteiger partial charge in [-0.25, -0.2) is 0 Å². The Bertz CT molecular complexity index is 433. The van der Waals surface area contributed by atoms with Crippen LogP contribution < -0.4 is 5.32 Å². The van der Waals surface area contributed by atoms with E-state index in [-0.39, 0.29) is 6.04 Å². The summed E-state index contributed by atoms with van der Waals surface area (Å²) in [6.45, 7) is 5.85.